The number of allylic oxidation sites excluding steroid dienone is 1. The number of nitrogens with one attached hydrogen (secondary N) is 2. The fourth-order valence-electron chi connectivity index (χ4n) is 2.61. The zero-order valence-corrected chi connectivity index (χ0v) is 15.6. The summed E-state index contributed by atoms with van der Waals surface area (Å²) in [6, 6.07) is 5.63. The molecule has 0 aliphatic carbocycles. The Hall–Kier alpha value is -3.00. The summed E-state index contributed by atoms with van der Waals surface area (Å²) in [7, 11) is 0. The van der Waals surface area contributed by atoms with Crippen molar-refractivity contribution in [2.24, 2.45) is 0 Å². The number of H-pyrrole nitrogens is 1. The molecule has 0 aliphatic rings. The number of rotatable bonds is 5. The Labute approximate surface area is 154 Å². The first-order valence-electron chi connectivity index (χ1n) is 8.21. The van der Waals surface area contributed by atoms with Gasteiger partial charge in [0.15, 0.2) is 0 Å². The first kappa shape index (κ1) is 17.8. The van der Waals surface area contributed by atoms with Crippen LogP contribution in [0.5, 0.6) is 0 Å². The average Bonchev–Trinajstić information content (AvgIpc) is 3.24. The van der Waals surface area contributed by atoms with Gasteiger partial charge >= 0.3 is 0 Å². The smallest absolute Gasteiger partial charge is 0.255 e. The first-order chi connectivity index (χ1) is 12.5. The van der Waals surface area contributed by atoms with Gasteiger partial charge in [-0.3, -0.25) is 14.6 Å². The molecule has 0 aliphatic heterocycles. The predicted molar refractivity (Wildman–Crippen MR) is 103 cm³/mol. The zero-order valence-electron chi connectivity index (χ0n) is 14.7. The molecule has 0 spiro atoms. The van der Waals surface area contributed by atoms with E-state index in [2.05, 4.69) is 20.4 Å². The summed E-state index contributed by atoms with van der Waals surface area (Å²) in [4.78, 5) is 32.5. The molecule has 26 heavy (non-hydrogen) atoms. The number of anilines is 1. The fourth-order valence-corrected chi connectivity index (χ4v) is 3.29. The maximum absolute atomic E-state index is 12.3. The number of hydrogen-bond acceptors (Lipinski definition) is 5. The third kappa shape index (κ3) is 3.50. The molecular weight excluding hydrogens is 350 g/mol. The minimum absolute atomic E-state index is 0.200. The van der Waals surface area contributed by atoms with E-state index in [-0.39, 0.29) is 17.4 Å². The lowest BCUT2D eigenvalue weighted by molar-refractivity contribution is -0.111. The molecule has 8 heteroatoms. The molecule has 3 heterocycles. The van der Waals surface area contributed by atoms with E-state index >= 15 is 0 Å². The molecule has 3 rings (SSSR count). The van der Waals surface area contributed by atoms with Crippen LogP contribution in [0.3, 0.4) is 0 Å². The molecule has 2 N–H and O–H groups in total. The van der Waals surface area contributed by atoms with Crippen molar-refractivity contribution in [2.45, 2.75) is 27.2 Å². The van der Waals surface area contributed by atoms with Gasteiger partial charge < -0.3 is 5.32 Å². The number of amides is 1. The molecular formula is C18H19N5O2S. The number of aromatic nitrogens is 4. The highest BCUT2D eigenvalue weighted by Crippen LogP contribution is 2.27. The lowest BCUT2D eigenvalue weighted by atomic mass is 10.2. The Morgan fingerprint density at radius 2 is 2.27 bits per heavy atom. The number of nitrogens with zero attached hydrogens (tertiary/aromatic N) is 3. The van der Waals surface area contributed by atoms with Crippen molar-refractivity contribution >= 4 is 23.1 Å². The summed E-state index contributed by atoms with van der Waals surface area (Å²) < 4.78 is 1.45. The van der Waals surface area contributed by atoms with Crippen LogP contribution in [0.1, 0.15) is 25.1 Å². The van der Waals surface area contributed by atoms with Crippen LogP contribution >= 0.6 is 11.3 Å². The van der Waals surface area contributed by atoms with Crippen molar-refractivity contribution in [2.75, 3.05) is 5.32 Å². The summed E-state index contributed by atoms with van der Waals surface area (Å²) in [6.45, 7) is 5.46. The summed E-state index contributed by atoms with van der Waals surface area (Å²) >= 11 is 1.54. The molecule has 0 aromatic carbocycles. The van der Waals surface area contributed by atoms with E-state index in [1.165, 1.54) is 22.1 Å². The largest absolute Gasteiger partial charge is 0.307 e. The molecule has 134 valence electrons. The second kappa shape index (κ2) is 7.49. The lowest BCUT2D eigenvalue weighted by Gasteiger charge is -2.09. The molecule has 0 bridgehead atoms. The van der Waals surface area contributed by atoms with Gasteiger partial charge in [-0.25, -0.2) is 4.98 Å². The zero-order chi connectivity index (χ0) is 18.7. The number of carbonyl (C=O) groups is 1. The molecule has 0 radical (unpaired) electrons. The fraction of sp³-hybridized carbons (Fsp3) is 0.222. The SMILES string of the molecule is C/C=C\C(=O)Nc1cc(-c2cccs2)nn1-c1nc(C)c(CC)c(=O)[nH]1. The van der Waals surface area contributed by atoms with Crippen LogP contribution in [0, 0.1) is 6.92 Å². The van der Waals surface area contributed by atoms with Crippen LogP contribution in [0.2, 0.25) is 0 Å². The highest BCUT2D eigenvalue weighted by atomic mass is 32.1. The van der Waals surface area contributed by atoms with Gasteiger partial charge in [0.25, 0.3) is 5.56 Å². The standard InChI is InChI=1S/C18H19N5O2S/c1-4-7-16(24)20-15-10-13(14-8-6-9-26-14)22-23(15)18-19-11(3)12(5-2)17(25)21-18/h4,6-10H,5H2,1-3H3,(H,20,24)(H,19,21,25)/b7-4-. The second-order valence-corrected chi connectivity index (χ2v) is 6.55. The molecule has 3 aromatic rings. The third-order valence-corrected chi connectivity index (χ3v) is 4.71. The summed E-state index contributed by atoms with van der Waals surface area (Å²) in [5.74, 6) is 0.419. The van der Waals surface area contributed by atoms with Crippen LogP contribution in [0.15, 0.2) is 40.5 Å². The van der Waals surface area contributed by atoms with Crippen molar-refractivity contribution in [3.8, 4) is 16.5 Å². The number of aryl methyl sites for hydroxylation is 1. The second-order valence-electron chi connectivity index (χ2n) is 5.60. The Morgan fingerprint density at radius 1 is 1.46 bits per heavy atom. The van der Waals surface area contributed by atoms with Crippen molar-refractivity contribution < 1.29 is 4.79 Å². The molecule has 0 saturated heterocycles. The van der Waals surface area contributed by atoms with Crippen molar-refractivity contribution in [3.63, 3.8) is 0 Å². The Balaban J connectivity index is 2.13. The van der Waals surface area contributed by atoms with Gasteiger partial charge in [-0.2, -0.15) is 9.78 Å². The summed E-state index contributed by atoms with van der Waals surface area (Å²) in [5, 5.41) is 9.26. The van der Waals surface area contributed by atoms with Crippen molar-refractivity contribution in [1.82, 2.24) is 19.7 Å². The van der Waals surface area contributed by atoms with E-state index in [4.69, 9.17) is 0 Å². The molecule has 7 nitrogen and oxygen atoms in total. The van der Waals surface area contributed by atoms with E-state index in [9.17, 15) is 9.59 Å². The first-order valence-corrected chi connectivity index (χ1v) is 9.09. The van der Waals surface area contributed by atoms with Gasteiger partial charge in [0, 0.05) is 17.3 Å². The molecule has 3 aromatic heterocycles. The van der Waals surface area contributed by atoms with Crippen LogP contribution in [-0.2, 0) is 11.2 Å². The highest BCUT2D eigenvalue weighted by molar-refractivity contribution is 7.13. The van der Waals surface area contributed by atoms with Gasteiger partial charge in [0.2, 0.25) is 11.9 Å². The maximum Gasteiger partial charge on any atom is 0.255 e. The van der Waals surface area contributed by atoms with E-state index in [0.717, 1.165) is 4.88 Å². The van der Waals surface area contributed by atoms with Crippen molar-refractivity contribution in [3.05, 3.63) is 57.3 Å². The van der Waals surface area contributed by atoms with E-state index < -0.39 is 0 Å². The molecule has 1 amide bonds. The van der Waals surface area contributed by atoms with Crippen LogP contribution in [0.25, 0.3) is 16.5 Å². The molecule has 0 unspecified atom stereocenters. The topological polar surface area (TPSA) is 92.7 Å². The summed E-state index contributed by atoms with van der Waals surface area (Å²) in [6.07, 6.45) is 3.67. The molecule has 0 saturated carbocycles. The Morgan fingerprint density at radius 3 is 2.88 bits per heavy atom. The van der Waals surface area contributed by atoms with Gasteiger partial charge in [-0.1, -0.05) is 19.1 Å². The lowest BCUT2D eigenvalue weighted by Crippen LogP contribution is -2.21. The Kier molecular flexibility index (Phi) is 5.13. The number of thiophene rings is 1. The minimum Gasteiger partial charge on any atom is -0.307 e. The molecule has 0 atom stereocenters. The van der Waals surface area contributed by atoms with Crippen LogP contribution < -0.4 is 10.9 Å². The van der Waals surface area contributed by atoms with Gasteiger partial charge in [-0.05, 0) is 37.8 Å². The quantitative estimate of drug-likeness (QED) is 0.676. The number of carbonyl (C=O) groups excluding carboxylic acids is 1. The summed E-state index contributed by atoms with van der Waals surface area (Å²) in [5.41, 5.74) is 1.77. The third-order valence-electron chi connectivity index (χ3n) is 3.82. The predicted octanol–water partition coefficient (Wildman–Crippen LogP) is 3.07. The molecule has 0 fully saturated rings. The van der Waals surface area contributed by atoms with Crippen LogP contribution in [-0.4, -0.2) is 25.7 Å². The van der Waals surface area contributed by atoms with Crippen molar-refractivity contribution in [1.29, 1.82) is 0 Å². The normalized spacial score (nSPS) is 11.2. The minimum atomic E-state index is -0.282. The maximum atomic E-state index is 12.3. The average molecular weight is 369 g/mol. The van der Waals surface area contributed by atoms with Gasteiger partial charge in [0.05, 0.1) is 4.88 Å². The van der Waals surface area contributed by atoms with Crippen LogP contribution in [0.4, 0.5) is 5.82 Å². The van der Waals surface area contributed by atoms with E-state index in [0.29, 0.717) is 29.2 Å². The van der Waals surface area contributed by atoms with Gasteiger partial charge in [-0.15, -0.1) is 11.3 Å². The number of hydrogen-bond donors (Lipinski definition) is 2. The highest BCUT2D eigenvalue weighted by Gasteiger charge is 2.16. The number of aromatic amines is 1. The monoisotopic (exact) mass is 369 g/mol. The van der Waals surface area contributed by atoms with E-state index in [1.807, 2.05) is 24.4 Å². The Bertz CT molecular complexity index is 1010. The van der Waals surface area contributed by atoms with Gasteiger partial charge in [0.1, 0.15) is 11.5 Å². The van der Waals surface area contributed by atoms with E-state index in [1.54, 1.807) is 26.0 Å².